The van der Waals surface area contributed by atoms with Gasteiger partial charge < -0.3 is 43.1 Å². The number of carboxylic acid groups (broad SMARTS) is 2. The summed E-state index contributed by atoms with van der Waals surface area (Å²) in [5.74, 6) is 2.03. The van der Waals surface area contributed by atoms with Gasteiger partial charge in [-0.2, -0.15) is 0 Å². The quantitative estimate of drug-likeness (QED) is 0.0542. The molecule has 0 radical (unpaired) electrons. The zero-order valence-electron chi connectivity index (χ0n) is 44.7. The largest absolute Gasteiger partial charge is 0.508 e. The highest BCUT2D eigenvalue weighted by Gasteiger charge is 2.22. The van der Waals surface area contributed by atoms with Gasteiger partial charge in [0.25, 0.3) is 0 Å². The van der Waals surface area contributed by atoms with E-state index < -0.39 is 37.2 Å². The fourth-order valence-corrected chi connectivity index (χ4v) is 8.37. The smallest absolute Gasteiger partial charge is 0.416 e. The summed E-state index contributed by atoms with van der Waals surface area (Å²) < 4.78 is 34.3. The van der Waals surface area contributed by atoms with Crippen molar-refractivity contribution in [2.45, 2.75) is 52.6 Å². The lowest BCUT2D eigenvalue weighted by Gasteiger charge is -2.20. The molecule has 0 saturated carbocycles. The van der Waals surface area contributed by atoms with Gasteiger partial charge in [0.15, 0.2) is 0 Å². The minimum absolute atomic E-state index is 0.00322. The molecule has 0 spiro atoms. The van der Waals surface area contributed by atoms with Crippen LogP contribution in [0.3, 0.4) is 0 Å². The molecule has 0 saturated heterocycles. The molecule has 3 N–H and O–H groups in total. The lowest BCUT2D eigenvalue weighted by atomic mass is 10.0. The summed E-state index contributed by atoms with van der Waals surface area (Å²) in [6, 6.07) is 56.7. The Morgan fingerprint density at radius 1 is 0.444 bits per heavy atom. The molecule has 0 aliphatic heterocycles. The molecule has 0 bridgehead atoms. The average Bonchev–Trinajstić information content (AvgIpc) is 4.15. The third-order valence-corrected chi connectivity index (χ3v) is 12.5. The maximum atomic E-state index is 13.0. The molecule has 414 valence electrons. The minimum Gasteiger partial charge on any atom is -0.508 e. The number of oxazole rings is 2. The number of nitrogens with zero attached hydrogens (tertiary/aromatic N) is 4. The summed E-state index contributed by atoms with van der Waals surface area (Å²) in [4.78, 5) is 59.9. The number of carbonyl (C=O) groups is 4. The van der Waals surface area contributed by atoms with E-state index in [1.54, 1.807) is 48.5 Å². The van der Waals surface area contributed by atoms with E-state index in [1.807, 2.05) is 117 Å². The number of amides is 2. The number of aromatic hydroxyl groups is 1. The van der Waals surface area contributed by atoms with Gasteiger partial charge in [-0.3, -0.25) is 19.4 Å². The van der Waals surface area contributed by atoms with Gasteiger partial charge >= 0.3 is 24.1 Å². The fraction of sp³-hybridized carbons (Fsp3) is 0.188. The van der Waals surface area contributed by atoms with Gasteiger partial charge in [0, 0.05) is 37.1 Å². The summed E-state index contributed by atoms with van der Waals surface area (Å²) in [5, 5.41) is 28.1. The van der Waals surface area contributed by atoms with E-state index in [2.05, 4.69) is 22.1 Å². The van der Waals surface area contributed by atoms with E-state index in [9.17, 15) is 34.5 Å². The number of aromatic nitrogens is 2. The van der Waals surface area contributed by atoms with E-state index in [-0.39, 0.29) is 24.6 Å². The second-order valence-corrected chi connectivity index (χ2v) is 18.6. The number of ether oxygens (including phenoxy) is 4. The van der Waals surface area contributed by atoms with Crippen LogP contribution in [0.5, 0.6) is 28.7 Å². The molecular weight excluding hydrogens is 1030 g/mol. The minimum atomic E-state index is -1.17. The van der Waals surface area contributed by atoms with E-state index in [0.717, 1.165) is 62.2 Å². The van der Waals surface area contributed by atoms with Crippen molar-refractivity contribution in [3.05, 3.63) is 233 Å². The van der Waals surface area contributed by atoms with E-state index in [0.29, 0.717) is 66.2 Å². The van der Waals surface area contributed by atoms with Crippen LogP contribution in [-0.4, -0.2) is 85.5 Å². The molecule has 0 atom stereocenters. The monoisotopic (exact) mass is 1090 g/mol. The Bertz CT molecular complexity index is 3480. The van der Waals surface area contributed by atoms with Crippen LogP contribution < -0.4 is 18.9 Å². The first-order chi connectivity index (χ1) is 39.3. The highest BCUT2D eigenvalue weighted by Crippen LogP contribution is 2.26. The van der Waals surface area contributed by atoms with E-state index >= 15 is 0 Å². The molecule has 0 aliphatic rings. The topological polar surface area (TPSA) is 224 Å². The lowest BCUT2D eigenvalue weighted by Crippen LogP contribution is -2.37. The molecule has 9 aromatic rings. The molecule has 17 nitrogen and oxygen atoms in total. The number of hydrogen-bond donors (Lipinski definition) is 3. The second kappa shape index (κ2) is 28.5. The van der Waals surface area contributed by atoms with Crippen molar-refractivity contribution in [3.63, 3.8) is 0 Å². The van der Waals surface area contributed by atoms with E-state index in [1.165, 1.54) is 29.8 Å². The number of carboxylic acids is 2. The molecule has 0 unspecified atom stereocenters. The fourth-order valence-electron chi connectivity index (χ4n) is 8.37. The number of carbonyl (C=O) groups excluding carboxylic acids is 2. The molecular formula is C64H60N4O13. The highest BCUT2D eigenvalue weighted by molar-refractivity contribution is 5.79. The van der Waals surface area contributed by atoms with Crippen LogP contribution in [0.25, 0.3) is 22.9 Å². The van der Waals surface area contributed by atoms with Crippen molar-refractivity contribution >= 4 is 24.1 Å². The van der Waals surface area contributed by atoms with Crippen molar-refractivity contribution in [2.24, 2.45) is 0 Å². The van der Waals surface area contributed by atoms with Crippen LogP contribution in [0.4, 0.5) is 9.59 Å². The van der Waals surface area contributed by atoms with Crippen LogP contribution in [0.1, 0.15) is 45.2 Å². The molecule has 17 heteroatoms. The molecule has 9 rings (SSSR count). The molecule has 0 fully saturated rings. The third kappa shape index (κ3) is 17.7. The maximum Gasteiger partial charge on any atom is 0.416 e. The first-order valence-electron chi connectivity index (χ1n) is 26.1. The summed E-state index contributed by atoms with van der Waals surface area (Å²) in [7, 11) is 0. The summed E-state index contributed by atoms with van der Waals surface area (Å²) >= 11 is 0. The number of benzene rings is 7. The number of aliphatic carboxylic acids is 2. The molecule has 2 amide bonds. The van der Waals surface area contributed by atoms with Crippen molar-refractivity contribution < 1.29 is 62.3 Å². The van der Waals surface area contributed by atoms with Gasteiger partial charge in [0.1, 0.15) is 53.4 Å². The Morgan fingerprint density at radius 2 is 0.827 bits per heavy atom. The second-order valence-electron chi connectivity index (χ2n) is 18.6. The van der Waals surface area contributed by atoms with Gasteiger partial charge in [-0.05, 0) is 134 Å². The standard InChI is InChI=1S/C36H34N2O6.C28H26N2O7/c1-26-33(37-35(43-26)30-12-6-3-7-13-30)21-22-42-32-14-8-11-29(23-32)24-38(25-34(39)40)36(41)44-31-19-17-28(18-20-31)16-15-27-9-4-2-5-10-27;1-19-25(29-27(36-19)21-7-3-2-4-8-21)14-15-35-24-9-5-6-20(16-24)17-30(18-26(32)33)28(34)37-23-12-10-22(31)11-13-23/h2-14,17-20,23H,15-16,21-22,24-25H2,1H3,(H,39,40);2-13,16,31H,14-15,17-18H2,1H3,(H,32,33). The lowest BCUT2D eigenvalue weighted by molar-refractivity contribution is -0.138. The average molecular weight is 1090 g/mol. The molecule has 2 aromatic heterocycles. The zero-order valence-corrected chi connectivity index (χ0v) is 44.7. The van der Waals surface area contributed by atoms with Crippen LogP contribution in [0, 0.1) is 13.8 Å². The van der Waals surface area contributed by atoms with Crippen molar-refractivity contribution in [2.75, 3.05) is 26.3 Å². The third-order valence-electron chi connectivity index (χ3n) is 12.5. The van der Waals surface area contributed by atoms with Gasteiger partial charge in [0.05, 0.1) is 24.6 Å². The molecule has 2 heterocycles. The number of phenolic OH excluding ortho intramolecular Hbond substituents is 1. The van der Waals surface area contributed by atoms with Crippen LogP contribution in [-0.2, 0) is 48.4 Å². The number of hydrogen-bond acceptors (Lipinski definition) is 13. The zero-order chi connectivity index (χ0) is 56.9. The predicted molar refractivity (Wildman–Crippen MR) is 301 cm³/mol. The first kappa shape index (κ1) is 57.0. The summed E-state index contributed by atoms with van der Waals surface area (Å²) in [6.45, 7) is 3.46. The normalized spacial score (nSPS) is 10.7. The Balaban J connectivity index is 0.000000216. The first-order valence-corrected chi connectivity index (χ1v) is 26.1. The molecule has 7 aromatic carbocycles. The van der Waals surface area contributed by atoms with Crippen LogP contribution >= 0.6 is 0 Å². The van der Waals surface area contributed by atoms with Gasteiger partial charge in [0.2, 0.25) is 11.8 Å². The van der Waals surface area contributed by atoms with Crippen molar-refractivity contribution in [1.29, 1.82) is 0 Å². The van der Waals surface area contributed by atoms with Gasteiger partial charge in [-0.15, -0.1) is 0 Å². The Morgan fingerprint density at radius 3 is 1.25 bits per heavy atom. The van der Waals surface area contributed by atoms with E-state index in [4.69, 9.17) is 27.8 Å². The van der Waals surface area contributed by atoms with Gasteiger partial charge in [-0.25, -0.2) is 19.6 Å². The molecule has 0 aliphatic carbocycles. The maximum absolute atomic E-state index is 13.0. The van der Waals surface area contributed by atoms with Crippen LogP contribution in [0.2, 0.25) is 0 Å². The molecule has 81 heavy (non-hydrogen) atoms. The Labute approximate surface area is 468 Å². The highest BCUT2D eigenvalue weighted by atomic mass is 16.6. The Kier molecular flexibility index (Phi) is 20.0. The Hall–Kier alpha value is -10.2. The predicted octanol–water partition coefficient (Wildman–Crippen LogP) is 12.2. The summed E-state index contributed by atoms with van der Waals surface area (Å²) in [5.41, 5.74) is 7.19. The number of rotatable bonds is 23. The SMILES string of the molecule is Cc1oc(-c2ccccc2)nc1CCOc1cccc(CN(CC(=O)O)C(=O)Oc2ccc(CCc3ccccc3)cc2)c1.Cc1oc(-c2ccccc2)nc1CCOc1cccc(CN(CC(=O)O)C(=O)Oc2ccc(O)cc2)c1. The van der Waals surface area contributed by atoms with Gasteiger partial charge in [-0.1, -0.05) is 103 Å². The number of phenols is 1. The van der Waals surface area contributed by atoms with Crippen molar-refractivity contribution in [3.8, 4) is 51.7 Å². The van der Waals surface area contributed by atoms with Crippen molar-refractivity contribution in [1.82, 2.24) is 19.8 Å². The summed E-state index contributed by atoms with van der Waals surface area (Å²) in [6.07, 6.45) is 1.28. The van der Waals surface area contributed by atoms with Crippen LogP contribution in [0.15, 0.2) is 197 Å². The number of aryl methyl sites for hydroxylation is 4.